The quantitative estimate of drug-likeness (QED) is 0.659. The van der Waals surface area contributed by atoms with E-state index in [9.17, 15) is 4.79 Å². The molecule has 1 aromatic heterocycles. The van der Waals surface area contributed by atoms with Crippen molar-refractivity contribution in [3.8, 4) is 11.3 Å². The van der Waals surface area contributed by atoms with Crippen LogP contribution in [0.3, 0.4) is 0 Å². The van der Waals surface area contributed by atoms with Crippen molar-refractivity contribution in [2.45, 2.75) is 95.4 Å². The predicted octanol–water partition coefficient (Wildman–Crippen LogP) is 5.74. The normalized spacial score (nSPS) is 24.2. The molecule has 3 fully saturated rings. The summed E-state index contributed by atoms with van der Waals surface area (Å²) in [5.41, 5.74) is 5.17. The molecule has 32 heavy (non-hydrogen) atoms. The number of rotatable bonds is 2. The number of fused-ring (bicyclic) bond motifs is 4. The molecule has 1 N–H and O–H groups in total. The Kier molecular flexibility index (Phi) is 5.24. The molecule has 1 aromatic carbocycles. The topological polar surface area (TPSA) is 49.0 Å². The Bertz CT molecular complexity index is 1040. The van der Waals surface area contributed by atoms with Gasteiger partial charge in [-0.15, -0.1) is 0 Å². The van der Waals surface area contributed by atoms with Crippen LogP contribution in [0, 0.1) is 5.41 Å². The number of benzene rings is 1. The van der Waals surface area contributed by atoms with Gasteiger partial charge in [0.2, 0.25) is 0 Å². The number of piperidine rings is 1. The van der Waals surface area contributed by atoms with Crippen LogP contribution in [0.4, 0.5) is 0 Å². The predicted molar refractivity (Wildman–Crippen MR) is 129 cm³/mol. The average Bonchev–Trinajstić information content (AvgIpc) is 2.80. The SMILES string of the molecule is O=c1[nH]c(CN2CCCC3(CCCCC3)C2)nc2c1C1(CCCCC1)Cc1ccccc1-2. The van der Waals surface area contributed by atoms with Gasteiger partial charge in [-0.05, 0) is 62.5 Å². The highest BCUT2D eigenvalue weighted by molar-refractivity contribution is 5.71. The Morgan fingerprint density at radius 3 is 2.44 bits per heavy atom. The van der Waals surface area contributed by atoms with Crippen molar-refractivity contribution in [1.82, 2.24) is 14.9 Å². The van der Waals surface area contributed by atoms with Gasteiger partial charge < -0.3 is 4.98 Å². The van der Waals surface area contributed by atoms with E-state index < -0.39 is 0 Å². The molecular formula is C28H37N3O. The molecule has 2 saturated carbocycles. The molecule has 2 aromatic rings. The Morgan fingerprint density at radius 1 is 0.906 bits per heavy atom. The van der Waals surface area contributed by atoms with Crippen LogP contribution in [0.1, 0.15) is 94.0 Å². The van der Waals surface area contributed by atoms with Crippen LogP contribution in [0.25, 0.3) is 11.3 Å². The molecule has 170 valence electrons. The van der Waals surface area contributed by atoms with E-state index in [0.717, 1.165) is 49.4 Å². The van der Waals surface area contributed by atoms with Crippen LogP contribution < -0.4 is 5.56 Å². The molecule has 4 heteroatoms. The minimum absolute atomic E-state index is 0.0155. The molecular weight excluding hydrogens is 394 g/mol. The number of nitrogens with one attached hydrogen (secondary N) is 1. The summed E-state index contributed by atoms with van der Waals surface area (Å²) in [6.45, 7) is 3.08. The number of aromatic amines is 1. The van der Waals surface area contributed by atoms with Gasteiger partial charge in [0, 0.05) is 17.5 Å². The van der Waals surface area contributed by atoms with Crippen molar-refractivity contribution in [1.29, 1.82) is 0 Å². The van der Waals surface area contributed by atoms with Gasteiger partial charge in [0.1, 0.15) is 5.82 Å². The minimum atomic E-state index is -0.0155. The molecule has 0 radical (unpaired) electrons. The van der Waals surface area contributed by atoms with Crippen molar-refractivity contribution in [2.75, 3.05) is 13.1 Å². The summed E-state index contributed by atoms with van der Waals surface area (Å²) in [4.78, 5) is 24.6. The van der Waals surface area contributed by atoms with E-state index in [4.69, 9.17) is 4.98 Å². The van der Waals surface area contributed by atoms with Gasteiger partial charge in [-0.25, -0.2) is 4.98 Å². The van der Waals surface area contributed by atoms with E-state index in [1.807, 2.05) is 0 Å². The molecule has 6 rings (SSSR count). The first-order valence-corrected chi connectivity index (χ1v) is 13.1. The number of hydrogen-bond acceptors (Lipinski definition) is 3. The lowest BCUT2D eigenvalue weighted by molar-refractivity contribution is 0.0479. The monoisotopic (exact) mass is 431 g/mol. The fourth-order valence-electron chi connectivity index (χ4n) is 7.66. The largest absolute Gasteiger partial charge is 0.309 e. The van der Waals surface area contributed by atoms with Gasteiger partial charge in [-0.2, -0.15) is 0 Å². The maximum atomic E-state index is 13.6. The lowest BCUT2D eigenvalue weighted by atomic mass is 9.62. The minimum Gasteiger partial charge on any atom is -0.309 e. The molecule has 0 amide bonds. The zero-order valence-electron chi connectivity index (χ0n) is 19.4. The molecule has 2 heterocycles. The van der Waals surface area contributed by atoms with Crippen LogP contribution in [0.15, 0.2) is 29.1 Å². The molecule has 1 saturated heterocycles. The highest BCUT2D eigenvalue weighted by Gasteiger charge is 2.43. The van der Waals surface area contributed by atoms with Crippen LogP contribution in [0.5, 0.6) is 0 Å². The van der Waals surface area contributed by atoms with Crippen LogP contribution in [-0.2, 0) is 18.4 Å². The summed E-state index contributed by atoms with van der Waals surface area (Å²) in [6.07, 6.45) is 16.6. The van der Waals surface area contributed by atoms with Crippen molar-refractivity contribution < 1.29 is 0 Å². The zero-order chi connectivity index (χ0) is 21.6. The summed E-state index contributed by atoms with van der Waals surface area (Å²) in [5.74, 6) is 0.865. The molecule has 3 aliphatic carbocycles. The number of nitrogens with zero attached hydrogens (tertiary/aromatic N) is 2. The third-order valence-corrected chi connectivity index (χ3v) is 9.14. The van der Waals surface area contributed by atoms with Crippen LogP contribution in [-0.4, -0.2) is 28.0 Å². The zero-order valence-corrected chi connectivity index (χ0v) is 19.4. The molecule has 0 unspecified atom stereocenters. The molecule has 1 aliphatic heterocycles. The average molecular weight is 432 g/mol. The molecule has 0 atom stereocenters. The Labute approximate surface area is 191 Å². The second-order valence-corrected chi connectivity index (χ2v) is 11.3. The highest BCUT2D eigenvalue weighted by atomic mass is 16.1. The lowest BCUT2D eigenvalue weighted by Gasteiger charge is -2.45. The maximum absolute atomic E-state index is 13.6. The second-order valence-electron chi connectivity index (χ2n) is 11.3. The Balaban J connectivity index is 1.35. The van der Waals surface area contributed by atoms with Crippen molar-refractivity contribution in [3.63, 3.8) is 0 Å². The van der Waals surface area contributed by atoms with Gasteiger partial charge in [0.25, 0.3) is 5.56 Å². The molecule has 2 spiro atoms. The maximum Gasteiger partial charge on any atom is 0.255 e. The number of hydrogen-bond donors (Lipinski definition) is 1. The smallest absolute Gasteiger partial charge is 0.255 e. The van der Waals surface area contributed by atoms with Crippen molar-refractivity contribution in [2.24, 2.45) is 5.41 Å². The number of likely N-dealkylation sites (tertiary alicyclic amines) is 1. The molecule has 0 bridgehead atoms. The fourth-order valence-corrected chi connectivity index (χ4v) is 7.66. The Morgan fingerprint density at radius 2 is 1.62 bits per heavy atom. The van der Waals surface area contributed by atoms with Gasteiger partial charge in [-0.3, -0.25) is 9.69 Å². The van der Waals surface area contributed by atoms with E-state index in [-0.39, 0.29) is 11.0 Å². The first-order valence-electron chi connectivity index (χ1n) is 13.1. The van der Waals surface area contributed by atoms with Gasteiger partial charge in [0.05, 0.1) is 17.8 Å². The third-order valence-electron chi connectivity index (χ3n) is 9.14. The summed E-state index contributed by atoms with van der Waals surface area (Å²) < 4.78 is 0. The second kappa shape index (κ2) is 8.13. The Hall–Kier alpha value is -1.94. The fraction of sp³-hybridized carbons (Fsp3) is 0.643. The number of H-pyrrole nitrogens is 1. The molecule has 4 nitrogen and oxygen atoms in total. The first kappa shape index (κ1) is 20.7. The lowest BCUT2D eigenvalue weighted by Crippen LogP contribution is -2.45. The van der Waals surface area contributed by atoms with E-state index in [0.29, 0.717) is 5.41 Å². The third kappa shape index (κ3) is 3.55. The molecule has 4 aliphatic rings. The van der Waals surface area contributed by atoms with Gasteiger partial charge >= 0.3 is 0 Å². The van der Waals surface area contributed by atoms with Gasteiger partial charge in [-0.1, -0.05) is 62.8 Å². The van der Waals surface area contributed by atoms with Crippen molar-refractivity contribution >= 4 is 0 Å². The first-order chi connectivity index (χ1) is 15.7. The van der Waals surface area contributed by atoms with E-state index in [1.54, 1.807) is 0 Å². The van der Waals surface area contributed by atoms with E-state index in [2.05, 4.69) is 34.1 Å². The van der Waals surface area contributed by atoms with E-state index >= 15 is 0 Å². The highest BCUT2D eigenvalue weighted by Crippen LogP contribution is 2.48. The summed E-state index contributed by atoms with van der Waals surface area (Å²) in [7, 11) is 0. The standard InChI is InChI=1S/C28H37N3O/c32-26-24-25(22-11-4-3-10-21(22)18-28(24)15-7-2-8-16-28)29-23(30-26)19-31-17-9-14-27(20-31)12-5-1-6-13-27/h3-4,10-11H,1-2,5-9,12-20H2,(H,29,30,32). The summed E-state index contributed by atoms with van der Waals surface area (Å²) in [5, 5.41) is 0. The van der Waals surface area contributed by atoms with Crippen molar-refractivity contribution in [3.05, 3.63) is 51.6 Å². The van der Waals surface area contributed by atoms with Crippen LogP contribution in [0.2, 0.25) is 0 Å². The van der Waals surface area contributed by atoms with Gasteiger partial charge in [0.15, 0.2) is 0 Å². The van der Waals surface area contributed by atoms with E-state index in [1.165, 1.54) is 81.9 Å². The summed E-state index contributed by atoms with van der Waals surface area (Å²) in [6, 6.07) is 8.68. The van der Waals surface area contributed by atoms with Crippen LogP contribution >= 0.6 is 0 Å². The number of aromatic nitrogens is 2. The summed E-state index contributed by atoms with van der Waals surface area (Å²) >= 11 is 0.